The monoisotopic (exact) mass is 682 g/mol. The first-order chi connectivity index (χ1) is 24.3. The molecule has 50 heavy (non-hydrogen) atoms. The van der Waals surface area contributed by atoms with Crippen LogP contribution in [0.2, 0.25) is 0 Å². The molecule has 1 atom stereocenters. The van der Waals surface area contributed by atoms with E-state index in [9.17, 15) is 23.6 Å². The molecule has 1 fully saturated rings. The van der Waals surface area contributed by atoms with Crippen molar-refractivity contribution in [3.63, 3.8) is 0 Å². The van der Waals surface area contributed by atoms with Crippen LogP contribution in [0.3, 0.4) is 0 Å². The maximum Gasteiger partial charge on any atom is 0.272 e. The maximum absolute atomic E-state index is 13.9. The maximum atomic E-state index is 13.9. The zero-order valence-corrected chi connectivity index (χ0v) is 27.0. The summed E-state index contributed by atoms with van der Waals surface area (Å²) < 4.78 is 19.8. The lowest BCUT2D eigenvalue weighted by molar-refractivity contribution is -0.121. The zero-order valence-electron chi connectivity index (χ0n) is 26.2. The molecule has 0 spiro atoms. The van der Waals surface area contributed by atoms with Crippen molar-refractivity contribution in [1.82, 2.24) is 10.3 Å². The average Bonchev–Trinajstić information content (AvgIpc) is 3.68. The Kier molecular flexibility index (Phi) is 9.04. The van der Waals surface area contributed by atoms with Crippen molar-refractivity contribution in [2.75, 3.05) is 10.2 Å². The van der Waals surface area contributed by atoms with Gasteiger partial charge in [0.1, 0.15) is 17.0 Å². The van der Waals surface area contributed by atoms with Crippen molar-refractivity contribution in [1.29, 1.82) is 0 Å². The Hall–Kier alpha value is -6.33. The molecular weight excluding hydrogens is 656 g/mol. The SMILES string of the molecule is O=C(Nc1cccc(S[C@H]2CC(=O)N(c3ccc(-c4nc5ccccc5o4)cc3)C2=O)c1)/C(=C/c1cccc(F)c1)NC(=O)c1ccccc1. The van der Waals surface area contributed by atoms with Crippen molar-refractivity contribution >= 4 is 63.9 Å². The minimum Gasteiger partial charge on any atom is -0.436 e. The Morgan fingerprint density at radius 1 is 0.860 bits per heavy atom. The van der Waals surface area contributed by atoms with Gasteiger partial charge < -0.3 is 15.1 Å². The van der Waals surface area contributed by atoms with Gasteiger partial charge in [-0.3, -0.25) is 19.2 Å². The van der Waals surface area contributed by atoms with Gasteiger partial charge in [-0.15, -0.1) is 11.8 Å². The fraction of sp³-hybridized carbons (Fsp3) is 0.0513. The number of rotatable bonds is 9. The highest BCUT2D eigenvalue weighted by Gasteiger charge is 2.40. The number of hydrogen-bond acceptors (Lipinski definition) is 7. The van der Waals surface area contributed by atoms with E-state index in [2.05, 4.69) is 15.6 Å². The van der Waals surface area contributed by atoms with Gasteiger partial charge in [-0.1, -0.05) is 48.5 Å². The van der Waals surface area contributed by atoms with Crippen LogP contribution in [0.4, 0.5) is 15.8 Å². The molecule has 1 aromatic heterocycles. The molecule has 1 saturated heterocycles. The van der Waals surface area contributed by atoms with Crippen molar-refractivity contribution < 1.29 is 28.0 Å². The van der Waals surface area contributed by atoms with Crippen LogP contribution in [0.15, 0.2) is 142 Å². The number of imide groups is 1. The number of benzene rings is 5. The minimum atomic E-state index is -0.682. The number of aromatic nitrogens is 1. The lowest BCUT2D eigenvalue weighted by atomic mass is 10.1. The summed E-state index contributed by atoms with van der Waals surface area (Å²) >= 11 is 1.21. The van der Waals surface area contributed by atoms with Crippen molar-refractivity contribution in [3.8, 4) is 11.5 Å². The second-order valence-electron chi connectivity index (χ2n) is 11.3. The van der Waals surface area contributed by atoms with Crippen LogP contribution in [-0.2, 0) is 14.4 Å². The first-order valence-electron chi connectivity index (χ1n) is 15.6. The second-order valence-corrected chi connectivity index (χ2v) is 12.6. The van der Waals surface area contributed by atoms with Gasteiger partial charge in [0.2, 0.25) is 17.7 Å². The fourth-order valence-corrected chi connectivity index (χ4v) is 6.54. The second kappa shape index (κ2) is 14.0. The number of hydrogen-bond donors (Lipinski definition) is 2. The number of nitrogens with zero attached hydrogens (tertiary/aromatic N) is 2. The number of anilines is 2. The molecule has 7 rings (SSSR count). The van der Waals surface area contributed by atoms with Gasteiger partial charge in [-0.25, -0.2) is 14.3 Å². The van der Waals surface area contributed by atoms with Gasteiger partial charge in [0.05, 0.1) is 10.9 Å². The number of halogens is 1. The number of amides is 4. The lowest BCUT2D eigenvalue weighted by Crippen LogP contribution is -2.31. The molecule has 2 heterocycles. The highest BCUT2D eigenvalue weighted by molar-refractivity contribution is 8.00. The smallest absolute Gasteiger partial charge is 0.272 e. The largest absolute Gasteiger partial charge is 0.436 e. The Morgan fingerprint density at radius 2 is 1.62 bits per heavy atom. The first-order valence-corrected chi connectivity index (χ1v) is 16.4. The Labute approximate surface area is 289 Å². The third kappa shape index (κ3) is 7.08. The van der Waals surface area contributed by atoms with Crippen LogP contribution >= 0.6 is 11.8 Å². The average molecular weight is 683 g/mol. The van der Waals surface area contributed by atoms with Crippen molar-refractivity contribution in [2.45, 2.75) is 16.6 Å². The van der Waals surface area contributed by atoms with E-state index >= 15 is 0 Å². The van der Waals surface area contributed by atoms with Crippen LogP contribution in [-0.4, -0.2) is 33.9 Å². The molecule has 1 aliphatic rings. The quantitative estimate of drug-likeness (QED) is 0.120. The molecule has 0 aliphatic carbocycles. The predicted octanol–water partition coefficient (Wildman–Crippen LogP) is 7.47. The van der Waals surface area contributed by atoms with E-state index in [0.717, 1.165) is 5.52 Å². The van der Waals surface area contributed by atoms with E-state index < -0.39 is 22.9 Å². The molecule has 5 aromatic carbocycles. The Morgan fingerprint density at radius 3 is 2.40 bits per heavy atom. The normalized spacial score (nSPS) is 14.6. The molecule has 246 valence electrons. The zero-order chi connectivity index (χ0) is 34.6. The summed E-state index contributed by atoms with van der Waals surface area (Å²) in [5.41, 5.74) is 3.56. The molecule has 2 N–H and O–H groups in total. The van der Waals surface area contributed by atoms with Crippen molar-refractivity contribution in [2.24, 2.45) is 0 Å². The molecule has 9 nitrogen and oxygen atoms in total. The Bertz CT molecular complexity index is 2250. The number of carbonyl (C=O) groups excluding carboxylic acids is 4. The van der Waals surface area contributed by atoms with Crippen molar-refractivity contribution in [3.05, 3.63) is 150 Å². The topological polar surface area (TPSA) is 122 Å². The number of thioether (sulfide) groups is 1. The fourth-order valence-electron chi connectivity index (χ4n) is 5.43. The predicted molar refractivity (Wildman–Crippen MR) is 190 cm³/mol. The van der Waals surface area contributed by atoms with Gasteiger partial charge in [0.15, 0.2) is 5.58 Å². The van der Waals surface area contributed by atoms with E-state index in [1.54, 1.807) is 84.9 Å². The summed E-state index contributed by atoms with van der Waals surface area (Å²) in [6.45, 7) is 0. The van der Waals surface area contributed by atoms with E-state index in [1.165, 1.54) is 40.9 Å². The molecule has 11 heteroatoms. The summed E-state index contributed by atoms with van der Waals surface area (Å²) in [5, 5.41) is 4.73. The summed E-state index contributed by atoms with van der Waals surface area (Å²) in [6.07, 6.45) is 1.38. The van der Waals surface area contributed by atoms with Gasteiger partial charge >= 0.3 is 0 Å². The third-order valence-corrected chi connectivity index (χ3v) is 9.01. The standard InChI is InChI=1S/C39H27FN4O5S/c40-27-11-6-8-24(20-27)21-32(42-36(46)25-9-2-1-3-10-25)37(47)41-28-12-7-13-30(22-28)50-34-23-35(45)44(39(34)48)29-18-16-26(17-19-29)38-43-31-14-4-5-15-33(31)49-38/h1-22,34H,23H2,(H,41,47)(H,42,46)/b32-21-/t34-/m0/s1. The third-order valence-electron chi connectivity index (χ3n) is 7.83. The van der Waals surface area contributed by atoms with Gasteiger partial charge in [0.25, 0.3) is 11.8 Å². The van der Waals surface area contributed by atoms with Crippen LogP contribution in [0.1, 0.15) is 22.3 Å². The molecular formula is C39H27FN4O5S. The van der Waals surface area contributed by atoms with Gasteiger partial charge in [-0.05, 0) is 90.5 Å². The summed E-state index contributed by atoms with van der Waals surface area (Å²) in [5.74, 6) is -1.89. The number of fused-ring (bicyclic) bond motifs is 1. The van der Waals surface area contributed by atoms with Crippen LogP contribution < -0.4 is 15.5 Å². The van der Waals surface area contributed by atoms with Crippen LogP contribution in [0.5, 0.6) is 0 Å². The van der Waals surface area contributed by atoms with Crippen LogP contribution in [0.25, 0.3) is 28.6 Å². The lowest BCUT2D eigenvalue weighted by Gasteiger charge is -2.15. The molecule has 0 bridgehead atoms. The number of para-hydroxylation sites is 2. The molecule has 0 radical (unpaired) electrons. The highest BCUT2D eigenvalue weighted by atomic mass is 32.2. The van der Waals surface area contributed by atoms with E-state index in [1.807, 2.05) is 24.3 Å². The molecule has 4 amide bonds. The summed E-state index contributed by atoms with van der Waals surface area (Å²) in [4.78, 5) is 59.3. The van der Waals surface area contributed by atoms with Crippen LogP contribution in [0, 0.1) is 5.82 Å². The van der Waals surface area contributed by atoms with Gasteiger partial charge in [0, 0.05) is 28.1 Å². The highest BCUT2D eigenvalue weighted by Crippen LogP contribution is 2.36. The molecule has 6 aromatic rings. The summed E-state index contributed by atoms with van der Waals surface area (Å²) in [7, 11) is 0. The number of oxazole rings is 1. The number of nitrogens with one attached hydrogen (secondary N) is 2. The molecule has 0 saturated carbocycles. The first kappa shape index (κ1) is 32.2. The van der Waals surface area contributed by atoms with E-state index in [4.69, 9.17) is 4.42 Å². The van der Waals surface area contributed by atoms with E-state index in [0.29, 0.717) is 44.4 Å². The molecule has 0 unspecified atom stereocenters. The van der Waals surface area contributed by atoms with E-state index in [-0.39, 0.29) is 23.9 Å². The van der Waals surface area contributed by atoms with Gasteiger partial charge in [-0.2, -0.15) is 0 Å². The number of carbonyl (C=O) groups is 4. The summed E-state index contributed by atoms with van der Waals surface area (Å²) in [6, 6.07) is 35.2. The Balaban J connectivity index is 1.04. The minimum absolute atomic E-state index is 0.000986. The molecule has 1 aliphatic heterocycles.